The average molecular weight is 1570 g/mol. The Labute approximate surface area is 670 Å². The van der Waals surface area contributed by atoms with Gasteiger partial charge < -0.3 is 89.9 Å². The van der Waals surface area contributed by atoms with Crippen LogP contribution in [-0.2, 0) is 33.2 Å². The third kappa shape index (κ3) is 49.5. The highest BCUT2D eigenvalue weighted by atomic mass is 16.8. The second-order valence-electron chi connectivity index (χ2n) is 33.5. The van der Waals surface area contributed by atoms with Crippen LogP contribution in [0.3, 0.4) is 0 Å². The highest BCUT2D eigenvalue weighted by molar-refractivity contribution is 5.76. The first-order valence-corrected chi connectivity index (χ1v) is 46.6. The summed E-state index contributed by atoms with van der Waals surface area (Å²) in [6.07, 6.45) is 63.1. The molecule has 0 aromatic rings. The van der Waals surface area contributed by atoms with Crippen molar-refractivity contribution >= 4 is 5.91 Å². The van der Waals surface area contributed by atoms with E-state index in [9.17, 15) is 61.0 Å². The molecule has 3 aliphatic rings. The van der Waals surface area contributed by atoms with Crippen LogP contribution >= 0.6 is 0 Å². The smallest absolute Gasteiger partial charge is 0.220 e. The lowest BCUT2D eigenvalue weighted by Crippen LogP contribution is -2.66. The van der Waals surface area contributed by atoms with Crippen LogP contribution in [0.5, 0.6) is 0 Å². The third-order valence-corrected chi connectivity index (χ3v) is 23.5. The second kappa shape index (κ2) is 71.4. The molecule has 0 aromatic carbocycles. The van der Waals surface area contributed by atoms with E-state index in [2.05, 4.69) is 43.5 Å². The Kier molecular flexibility index (Phi) is 66.5. The number of carbonyl (C=O) groups excluding carboxylic acids is 1. The molecule has 3 fully saturated rings. The van der Waals surface area contributed by atoms with E-state index in [1.807, 2.05) is 0 Å². The minimum Gasteiger partial charge on any atom is -0.394 e. The van der Waals surface area contributed by atoms with E-state index < -0.39 is 124 Å². The summed E-state index contributed by atoms with van der Waals surface area (Å²) in [5.74, 6) is -0.232. The van der Waals surface area contributed by atoms with Gasteiger partial charge in [-0.3, -0.25) is 4.79 Å². The quantitative estimate of drug-likeness (QED) is 0.0199. The normalized spacial score (nSPS) is 25.2. The Morgan fingerprint density at radius 2 is 0.600 bits per heavy atom. The van der Waals surface area contributed by atoms with Gasteiger partial charge in [0.15, 0.2) is 18.9 Å². The summed E-state index contributed by atoms with van der Waals surface area (Å²) >= 11 is 0. The molecule has 0 aliphatic carbocycles. The van der Waals surface area contributed by atoms with Crippen LogP contribution in [0.15, 0.2) is 24.3 Å². The largest absolute Gasteiger partial charge is 0.394 e. The van der Waals surface area contributed by atoms with Crippen LogP contribution in [-0.4, -0.2) is 193 Å². The molecule has 0 aromatic heterocycles. The Morgan fingerprint density at radius 3 is 0.927 bits per heavy atom. The van der Waals surface area contributed by atoms with Crippen LogP contribution in [0.4, 0.5) is 0 Å². The monoisotopic (exact) mass is 1570 g/mol. The van der Waals surface area contributed by atoms with Gasteiger partial charge in [-0.25, -0.2) is 0 Å². The first-order valence-electron chi connectivity index (χ1n) is 46.6. The highest BCUT2D eigenvalue weighted by Crippen LogP contribution is 2.34. The molecule has 0 saturated carbocycles. The van der Waals surface area contributed by atoms with Crippen molar-refractivity contribution in [3.8, 4) is 0 Å². The lowest BCUT2D eigenvalue weighted by Gasteiger charge is -2.48. The molecule has 3 rings (SSSR count). The molecule has 110 heavy (non-hydrogen) atoms. The van der Waals surface area contributed by atoms with Crippen LogP contribution in [0.25, 0.3) is 0 Å². The van der Waals surface area contributed by atoms with Gasteiger partial charge in [0.05, 0.1) is 38.6 Å². The lowest BCUT2D eigenvalue weighted by atomic mass is 9.96. The number of aliphatic hydroxyl groups excluding tert-OH is 11. The maximum absolute atomic E-state index is 13.5. The van der Waals surface area contributed by atoms with Crippen molar-refractivity contribution in [1.29, 1.82) is 0 Å². The Morgan fingerprint density at radius 1 is 0.327 bits per heavy atom. The Hall–Kier alpha value is -1.73. The molecule has 0 bridgehead atoms. The predicted molar refractivity (Wildman–Crippen MR) is 443 cm³/mol. The SMILES string of the molecule is CCCCCCC/C=C\C/C=C\CCCCCCCCCCCCCCCCCCCCCCCCCCCCCCCC(=O)NC(COC1OC(CO)C(OC2OC(CO)C(OC3OC(CO)C(O)C(O)C3O)C(O)C2O)C(O)C1O)C(O)CCCCCCCCCCCCCCCCCCCCCCCCCC. The number of nitrogens with one attached hydrogen (secondary N) is 1. The molecule has 3 saturated heterocycles. The zero-order valence-electron chi connectivity index (χ0n) is 70.3. The van der Waals surface area contributed by atoms with E-state index in [0.29, 0.717) is 12.8 Å². The summed E-state index contributed by atoms with van der Waals surface area (Å²) in [5, 5.41) is 121. The van der Waals surface area contributed by atoms with Crippen LogP contribution < -0.4 is 5.32 Å². The third-order valence-electron chi connectivity index (χ3n) is 23.5. The number of ether oxygens (including phenoxy) is 6. The van der Waals surface area contributed by atoms with E-state index in [-0.39, 0.29) is 18.9 Å². The number of amides is 1. The minimum atomic E-state index is -1.97. The van der Waals surface area contributed by atoms with Gasteiger partial charge in [0.1, 0.15) is 73.2 Å². The van der Waals surface area contributed by atoms with E-state index in [4.69, 9.17) is 28.4 Å². The second-order valence-corrected chi connectivity index (χ2v) is 33.5. The van der Waals surface area contributed by atoms with Crippen LogP contribution in [0, 0.1) is 0 Å². The molecule has 17 atom stereocenters. The van der Waals surface area contributed by atoms with Crippen molar-refractivity contribution in [1.82, 2.24) is 5.32 Å². The van der Waals surface area contributed by atoms with E-state index >= 15 is 0 Å². The zero-order chi connectivity index (χ0) is 79.5. The van der Waals surface area contributed by atoms with Gasteiger partial charge in [0, 0.05) is 6.42 Å². The summed E-state index contributed by atoms with van der Waals surface area (Å²) in [6.45, 7) is 1.87. The highest BCUT2D eigenvalue weighted by Gasteiger charge is 2.54. The van der Waals surface area contributed by atoms with Crippen molar-refractivity contribution in [3.05, 3.63) is 24.3 Å². The topological polar surface area (TPSA) is 307 Å². The predicted octanol–water partition coefficient (Wildman–Crippen LogP) is 18.0. The van der Waals surface area contributed by atoms with Gasteiger partial charge in [-0.1, -0.05) is 391 Å². The van der Waals surface area contributed by atoms with E-state index in [1.165, 1.54) is 334 Å². The fourth-order valence-electron chi connectivity index (χ4n) is 16.1. The van der Waals surface area contributed by atoms with Crippen LogP contribution in [0.2, 0.25) is 0 Å². The van der Waals surface area contributed by atoms with Crippen molar-refractivity contribution < 1.29 is 89.4 Å². The van der Waals surface area contributed by atoms with Gasteiger partial charge in [-0.15, -0.1) is 0 Å². The summed E-state index contributed by atoms with van der Waals surface area (Å²) in [7, 11) is 0. The molecule has 12 N–H and O–H groups in total. The van der Waals surface area contributed by atoms with Gasteiger partial charge in [-0.05, 0) is 44.9 Å². The molecule has 19 heteroatoms. The molecule has 17 unspecified atom stereocenters. The molecular formula is C91H173NO18. The van der Waals surface area contributed by atoms with Crippen molar-refractivity contribution in [2.24, 2.45) is 0 Å². The van der Waals surface area contributed by atoms with Gasteiger partial charge in [-0.2, -0.15) is 0 Å². The average Bonchev–Trinajstić information content (AvgIpc) is 0.782. The first-order chi connectivity index (χ1) is 53.8. The van der Waals surface area contributed by atoms with Crippen molar-refractivity contribution in [3.63, 3.8) is 0 Å². The fraction of sp³-hybridized carbons (Fsp3) is 0.945. The number of hydrogen-bond donors (Lipinski definition) is 12. The van der Waals surface area contributed by atoms with Crippen LogP contribution in [0.1, 0.15) is 418 Å². The Balaban J connectivity index is 1.27. The maximum atomic E-state index is 13.5. The molecule has 1 amide bonds. The van der Waals surface area contributed by atoms with Gasteiger partial charge in [0.25, 0.3) is 0 Å². The molecule has 0 radical (unpaired) electrons. The number of unbranched alkanes of at least 4 members (excludes halogenated alkanes) is 57. The van der Waals surface area contributed by atoms with Gasteiger partial charge in [0.2, 0.25) is 5.91 Å². The van der Waals surface area contributed by atoms with Crippen molar-refractivity contribution in [2.45, 2.75) is 523 Å². The summed E-state index contributed by atoms with van der Waals surface area (Å²) in [6, 6.07) is -0.886. The first kappa shape index (κ1) is 102. The van der Waals surface area contributed by atoms with Gasteiger partial charge >= 0.3 is 0 Å². The number of aliphatic hydroxyl groups is 11. The molecule has 3 heterocycles. The number of carbonyl (C=O) groups is 1. The standard InChI is InChI=1S/C91H173NO18/c1-3-5-7-9-11-13-15-17-19-21-23-25-27-29-30-31-32-33-34-35-36-37-38-39-40-41-42-43-44-45-47-49-51-53-55-57-59-61-63-65-67-69-79(97)92-74(75(96)68-66-64-62-60-58-56-54-52-50-48-46-28-26-24-22-20-18-16-14-12-10-8-6-4-2)73-105-89-85(103)82(100)87(77(71-94)107-89)110-91-86(104)83(101)88(78(72-95)108-91)109-90-84(102)81(99)80(98)76(70-93)106-90/h15,17,21,23,74-78,80-91,93-96,98-104H,3-14,16,18-20,22,24-73H2,1-2H3,(H,92,97)/b17-15-,23-21-. The molecule has 650 valence electrons. The van der Waals surface area contributed by atoms with E-state index in [0.717, 1.165) is 51.4 Å². The summed E-state index contributed by atoms with van der Waals surface area (Å²) < 4.78 is 34.6. The molecular weight excluding hydrogens is 1390 g/mol. The molecule has 3 aliphatic heterocycles. The number of allylic oxidation sites excluding steroid dienone is 4. The lowest BCUT2D eigenvalue weighted by molar-refractivity contribution is -0.379. The fourth-order valence-corrected chi connectivity index (χ4v) is 16.1. The summed E-state index contributed by atoms with van der Waals surface area (Å²) in [4.78, 5) is 13.5. The van der Waals surface area contributed by atoms with E-state index in [1.54, 1.807) is 0 Å². The molecule has 19 nitrogen and oxygen atoms in total. The molecule has 0 spiro atoms. The Bertz CT molecular complexity index is 2070. The number of rotatable bonds is 77. The minimum absolute atomic E-state index is 0.232. The maximum Gasteiger partial charge on any atom is 0.220 e. The van der Waals surface area contributed by atoms with Crippen molar-refractivity contribution in [2.75, 3.05) is 26.4 Å². The number of hydrogen-bond acceptors (Lipinski definition) is 18. The summed E-state index contributed by atoms with van der Waals surface area (Å²) in [5.41, 5.74) is 0. The zero-order valence-corrected chi connectivity index (χ0v) is 70.3.